The number of hydrogen-bond acceptors (Lipinski definition) is 4. The van der Waals surface area contributed by atoms with Crippen molar-refractivity contribution in [2.24, 2.45) is 5.92 Å². The molecule has 2 heterocycles. The number of aromatic nitrogens is 2. The van der Waals surface area contributed by atoms with E-state index >= 15 is 0 Å². The molecule has 0 saturated carbocycles. The Kier molecular flexibility index (Phi) is 4.79. The number of amides is 1. The summed E-state index contributed by atoms with van der Waals surface area (Å²) < 4.78 is 0. The van der Waals surface area contributed by atoms with Gasteiger partial charge in [0.15, 0.2) is 0 Å². The molecule has 3 rings (SSSR count). The predicted octanol–water partition coefficient (Wildman–Crippen LogP) is 2.54. The van der Waals surface area contributed by atoms with Gasteiger partial charge in [-0.05, 0) is 11.5 Å². The highest BCUT2D eigenvalue weighted by Gasteiger charge is 2.41. The molecular formula is C19H21N3O3. The lowest BCUT2D eigenvalue weighted by atomic mass is 9.89. The van der Waals surface area contributed by atoms with Crippen LogP contribution < -0.4 is 0 Å². The van der Waals surface area contributed by atoms with Crippen LogP contribution >= 0.6 is 0 Å². The summed E-state index contributed by atoms with van der Waals surface area (Å²) in [7, 11) is 0. The number of nitrogens with zero attached hydrogens (tertiary/aromatic N) is 3. The lowest BCUT2D eigenvalue weighted by Gasteiger charge is -2.18. The number of aliphatic carboxylic acids is 1. The van der Waals surface area contributed by atoms with Gasteiger partial charge in [0, 0.05) is 25.2 Å². The van der Waals surface area contributed by atoms with E-state index in [-0.39, 0.29) is 24.3 Å². The number of carbonyl (C=O) groups is 2. The Bertz CT molecular complexity index is 776. The maximum absolute atomic E-state index is 13.0. The first-order chi connectivity index (χ1) is 12.0. The number of likely N-dealkylation sites (tertiary alicyclic amines) is 1. The minimum Gasteiger partial charge on any atom is -0.481 e. The van der Waals surface area contributed by atoms with Crippen LogP contribution in [0.2, 0.25) is 0 Å². The molecule has 0 radical (unpaired) electrons. The Morgan fingerprint density at radius 1 is 1.20 bits per heavy atom. The molecule has 0 bridgehead atoms. The SMILES string of the molecule is CC(C)c1ncncc1C(=O)N1C[C@H](C(=O)O)[C@H](c2ccccc2)C1. The van der Waals surface area contributed by atoms with E-state index in [4.69, 9.17) is 0 Å². The number of rotatable bonds is 4. The smallest absolute Gasteiger partial charge is 0.308 e. The topological polar surface area (TPSA) is 83.4 Å². The third-order valence-corrected chi connectivity index (χ3v) is 4.67. The molecule has 6 heteroatoms. The van der Waals surface area contributed by atoms with Crippen molar-refractivity contribution in [3.8, 4) is 0 Å². The van der Waals surface area contributed by atoms with E-state index < -0.39 is 11.9 Å². The zero-order valence-corrected chi connectivity index (χ0v) is 14.3. The van der Waals surface area contributed by atoms with Crippen LogP contribution in [0.25, 0.3) is 0 Å². The van der Waals surface area contributed by atoms with Crippen molar-refractivity contribution in [2.75, 3.05) is 13.1 Å². The molecule has 1 aliphatic rings. The van der Waals surface area contributed by atoms with E-state index in [0.717, 1.165) is 5.56 Å². The molecule has 1 saturated heterocycles. The number of benzene rings is 1. The van der Waals surface area contributed by atoms with Gasteiger partial charge in [-0.15, -0.1) is 0 Å². The predicted molar refractivity (Wildman–Crippen MR) is 92.3 cm³/mol. The van der Waals surface area contributed by atoms with E-state index in [0.29, 0.717) is 17.8 Å². The summed E-state index contributed by atoms with van der Waals surface area (Å²) in [6.45, 7) is 4.51. The Hall–Kier alpha value is -2.76. The molecule has 130 valence electrons. The van der Waals surface area contributed by atoms with Crippen molar-refractivity contribution >= 4 is 11.9 Å². The average molecular weight is 339 g/mol. The van der Waals surface area contributed by atoms with E-state index in [2.05, 4.69) is 9.97 Å². The van der Waals surface area contributed by atoms with E-state index in [9.17, 15) is 14.7 Å². The Labute approximate surface area is 146 Å². The number of hydrogen-bond donors (Lipinski definition) is 1. The molecule has 1 N–H and O–H groups in total. The van der Waals surface area contributed by atoms with Crippen molar-refractivity contribution < 1.29 is 14.7 Å². The van der Waals surface area contributed by atoms with E-state index in [1.54, 1.807) is 4.90 Å². The second kappa shape index (κ2) is 7.01. The molecule has 1 aromatic carbocycles. The highest BCUT2D eigenvalue weighted by Crippen LogP contribution is 2.34. The van der Waals surface area contributed by atoms with Crippen LogP contribution in [0.5, 0.6) is 0 Å². The first-order valence-electron chi connectivity index (χ1n) is 8.36. The maximum Gasteiger partial charge on any atom is 0.308 e. The Morgan fingerprint density at radius 3 is 2.56 bits per heavy atom. The van der Waals surface area contributed by atoms with Gasteiger partial charge in [0.05, 0.1) is 17.2 Å². The summed E-state index contributed by atoms with van der Waals surface area (Å²) in [6.07, 6.45) is 2.96. The molecule has 1 amide bonds. The minimum atomic E-state index is -0.877. The summed E-state index contributed by atoms with van der Waals surface area (Å²) in [5.41, 5.74) is 2.09. The summed E-state index contributed by atoms with van der Waals surface area (Å²) >= 11 is 0. The second-order valence-electron chi connectivity index (χ2n) is 6.65. The quantitative estimate of drug-likeness (QED) is 0.925. The van der Waals surface area contributed by atoms with E-state index in [1.807, 2.05) is 44.2 Å². The van der Waals surface area contributed by atoms with Crippen molar-refractivity contribution in [3.63, 3.8) is 0 Å². The van der Waals surface area contributed by atoms with Crippen molar-refractivity contribution in [3.05, 3.63) is 59.7 Å². The molecule has 0 spiro atoms. The Balaban J connectivity index is 1.89. The summed E-state index contributed by atoms with van der Waals surface area (Å²) in [5.74, 6) is -1.82. The molecule has 25 heavy (non-hydrogen) atoms. The van der Waals surface area contributed by atoms with Gasteiger partial charge in [-0.3, -0.25) is 9.59 Å². The molecule has 1 fully saturated rings. The fourth-order valence-electron chi connectivity index (χ4n) is 3.39. The average Bonchev–Trinajstić information content (AvgIpc) is 3.07. The summed E-state index contributed by atoms with van der Waals surface area (Å²) in [5, 5.41) is 9.60. The third-order valence-electron chi connectivity index (χ3n) is 4.67. The fraction of sp³-hybridized carbons (Fsp3) is 0.368. The largest absolute Gasteiger partial charge is 0.481 e. The zero-order chi connectivity index (χ0) is 18.0. The monoisotopic (exact) mass is 339 g/mol. The third kappa shape index (κ3) is 3.38. The van der Waals surface area contributed by atoms with Crippen LogP contribution in [0.4, 0.5) is 0 Å². The van der Waals surface area contributed by atoms with Crippen molar-refractivity contribution in [1.29, 1.82) is 0 Å². The van der Waals surface area contributed by atoms with Crippen molar-refractivity contribution in [2.45, 2.75) is 25.7 Å². The van der Waals surface area contributed by atoms with Crippen LogP contribution in [-0.4, -0.2) is 44.9 Å². The number of carbonyl (C=O) groups excluding carboxylic acids is 1. The minimum absolute atomic E-state index is 0.0877. The molecule has 1 aromatic heterocycles. The van der Waals surface area contributed by atoms with Crippen LogP contribution in [0.3, 0.4) is 0 Å². The molecule has 0 unspecified atom stereocenters. The van der Waals surface area contributed by atoms with Crippen molar-refractivity contribution in [1.82, 2.24) is 14.9 Å². The molecule has 1 aliphatic heterocycles. The standard InChI is InChI=1S/C19H21N3O3/c1-12(2)17-14(8-20-11-21-17)18(23)22-9-15(16(10-22)19(24)25)13-6-4-3-5-7-13/h3-8,11-12,15-16H,9-10H2,1-2H3,(H,24,25)/t15-,16-/m0/s1. The highest BCUT2D eigenvalue weighted by molar-refractivity contribution is 5.96. The molecule has 6 nitrogen and oxygen atoms in total. The lowest BCUT2D eigenvalue weighted by Crippen LogP contribution is -2.31. The van der Waals surface area contributed by atoms with Gasteiger partial charge < -0.3 is 10.0 Å². The van der Waals surface area contributed by atoms with Crippen LogP contribution in [-0.2, 0) is 4.79 Å². The molecule has 0 aliphatic carbocycles. The maximum atomic E-state index is 13.0. The first-order valence-corrected chi connectivity index (χ1v) is 8.36. The summed E-state index contributed by atoms with van der Waals surface area (Å²) in [6, 6.07) is 9.51. The summed E-state index contributed by atoms with van der Waals surface area (Å²) in [4.78, 5) is 34.5. The normalized spacial score (nSPS) is 20.0. The van der Waals surface area contributed by atoms with Gasteiger partial charge >= 0.3 is 5.97 Å². The van der Waals surface area contributed by atoms with Gasteiger partial charge in [0.2, 0.25) is 0 Å². The molecule has 2 atom stereocenters. The molecule has 2 aromatic rings. The molecular weight excluding hydrogens is 318 g/mol. The second-order valence-corrected chi connectivity index (χ2v) is 6.65. The fourth-order valence-corrected chi connectivity index (χ4v) is 3.39. The number of carboxylic acid groups (broad SMARTS) is 1. The zero-order valence-electron chi connectivity index (χ0n) is 14.3. The van der Waals surface area contributed by atoms with Gasteiger partial charge in [-0.25, -0.2) is 9.97 Å². The Morgan fingerprint density at radius 2 is 1.92 bits per heavy atom. The first kappa shape index (κ1) is 17.1. The van der Waals surface area contributed by atoms with Gasteiger partial charge in [0.1, 0.15) is 6.33 Å². The highest BCUT2D eigenvalue weighted by atomic mass is 16.4. The number of carboxylic acids is 1. The van der Waals surface area contributed by atoms with Gasteiger partial charge in [-0.1, -0.05) is 44.2 Å². The van der Waals surface area contributed by atoms with Gasteiger partial charge in [0.25, 0.3) is 5.91 Å². The van der Waals surface area contributed by atoms with Crippen LogP contribution in [0.1, 0.15) is 47.3 Å². The lowest BCUT2D eigenvalue weighted by molar-refractivity contribution is -0.141. The van der Waals surface area contributed by atoms with E-state index in [1.165, 1.54) is 12.5 Å². The van der Waals surface area contributed by atoms with Crippen LogP contribution in [0, 0.1) is 5.92 Å². The van der Waals surface area contributed by atoms with Crippen LogP contribution in [0.15, 0.2) is 42.9 Å². The van der Waals surface area contributed by atoms with Gasteiger partial charge in [-0.2, -0.15) is 0 Å².